The summed E-state index contributed by atoms with van der Waals surface area (Å²) in [7, 11) is 1.84. The number of carbonyl (C=O) groups is 1. The van der Waals surface area contributed by atoms with Crippen molar-refractivity contribution in [3.05, 3.63) is 41.2 Å². The van der Waals surface area contributed by atoms with Gasteiger partial charge < -0.3 is 9.67 Å². The van der Waals surface area contributed by atoms with Crippen LogP contribution in [-0.2, 0) is 7.05 Å². The second-order valence-electron chi connectivity index (χ2n) is 4.22. The van der Waals surface area contributed by atoms with E-state index in [1.807, 2.05) is 35.9 Å². The van der Waals surface area contributed by atoms with E-state index in [9.17, 15) is 4.79 Å². The topological polar surface area (TPSA) is 80.9 Å². The van der Waals surface area contributed by atoms with Crippen molar-refractivity contribution >= 4 is 28.6 Å². The highest BCUT2D eigenvalue weighted by Gasteiger charge is 2.17. The second kappa shape index (κ2) is 4.57. The normalized spacial score (nSPS) is 10.9. The number of nitrogens with zero attached hydrogens (tertiary/aromatic N) is 4. The molecule has 2 heterocycles. The van der Waals surface area contributed by atoms with E-state index in [0.717, 1.165) is 11.0 Å². The van der Waals surface area contributed by atoms with Crippen LogP contribution >= 0.6 is 11.6 Å². The number of carboxylic acid groups (broad SMARTS) is 1. The van der Waals surface area contributed by atoms with E-state index in [-0.39, 0.29) is 10.8 Å². The third kappa shape index (κ3) is 1.90. The Bertz CT molecular complexity index is 828. The molecule has 0 amide bonds. The van der Waals surface area contributed by atoms with E-state index in [1.54, 1.807) is 0 Å². The Labute approximate surface area is 118 Å². The number of para-hydroxylation sites is 2. The average molecular weight is 289 g/mol. The lowest BCUT2D eigenvalue weighted by Gasteiger charge is -2.04. The van der Waals surface area contributed by atoms with E-state index >= 15 is 0 Å². The minimum atomic E-state index is -1.16. The minimum Gasteiger partial charge on any atom is -0.476 e. The molecule has 0 aliphatic carbocycles. The Morgan fingerprint density at radius 1 is 1.30 bits per heavy atom. The molecule has 0 atom stereocenters. The van der Waals surface area contributed by atoms with E-state index in [2.05, 4.69) is 15.2 Å². The van der Waals surface area contributed by atoms with Crippen LogP contribution in [0.5, 0.6) is 0 Å². The predicted molar refractivity (Wildman–Crippen MR) is 73.7 cm³/mol. The van der Waals surface area contributed by atoms with Gasteiger partial charge in [0, 0.05) is 7.05 Å². The average Bonchev–Trinajstić information content (AvgIpc) is 2.77. The van der Waals surface area contributed by atoms with Crippen molar-refractivity contribution in [1.82, 2.24) is 19.7 Å². The number of hydrogen-bond donors (Lipinski definition) is 1. The van der Waals surface area contributed by atoms with Gasteiger partial charge in [-0.05, 0) is 18.2 Å². The molecular weight excluding hydrogens is 280 g/mol. The molecule has 0 bridgehead atoms. The van der Waals surface area contributed by atoms with Crippen LogP contribution in [0.1, 0.15) is 10.5 Å². The number of halogens is 1. The van der Waals surface area contributed by atoms with Crippen LogP contribution in [0.3, 0.4) is 0 Å². The van der Waals surface area contributed by atoms with Crippen molar-refractivity contribution in [3.63, 3.8) is 0 Å². The molecule has 0 saturated carbocycles. The Kier molecular flexibility index (Phi) is 2.87. The van der Waals surface area contributed by atoms with Crippen molar-refractivity contribution in [2.45, 2.75) is 0 Å². The maximum atomic E-state index is 11.0. The first-order chi connectivity index (χ1) is 9.58. The first kappa shape index (κ1) is 12.6. The lowest BCUT2D eigenvalue weighted by molar-refractivity contribution is 0.0689. The van der Waals surface area contributed by atoms with Crippen LogP contribution in [0.15, 0.2) is 30.3 Å². The lowest BCUT2D eigenvalue weighted by atomic mass is 10.2. The summed E-state index contributed by atoms with van der Waals surface area (Å²) in [5.74, 6) is -0.609. The number of benzene rings is 1. The van der Waals surface area contributed by atoms with Crippen LogP contribution in [0.25, 0.3) is 22.4 Å². The summed E-state index contributed by atoms with van der Waals surface area (Å²) in [6.07, 6.45) is 0. The van der Waals surface area contributed by atoms with E-state index in [0.29, 0.717) is 11.4 Å². The highest BCUT2D eigenvalue weighted by atomic mass is 35.5. The summed E-state index contributed by atoms with van der Waals surface area (Å²) in [6, 6.07) is 8.96. The molecule has 0 aliphatic heterocycles. The Hall–Kier alpha value is -2.47. The molecule has 6 nitrogen and oxygen atoms in total. The van der Waals surface area contributed by atoms with Crippen LogP contribution in [0.4, 0.5) is 0 Å². The lowest BCUT2D eigenvalue weighted by Crippen LogP contribution is -2.04. The Morgan fingerprint density at radius 2 is 2.05 bits per heavy atom. The first-order valence-corrected chi connectivity index (χ1v) is 6.14. The highest BCUT2D eigenvalue weighted by Crippen LogP contribution is 2.28. The summed E-state index contributed by atoms with van der Waals surface area (Å²) in [4.78, 5) is 15.4. The van der Waals surface area contributed by atoms with Gasteiger partial charge in [-0.3, -0.25) is 0 Å². The SMILES string of the molecule is Cn1c(-c2cc(C(=O)O)nnc2Cl)nc2ccccc21. The third-order valence-electron chi connectivity index (χ3n) is 3.00. The fourth-order valence-corrected chi connectivity index (χ4v) is 2.20. The van der Waals surface area contributed by atoms with Crippen LogP contribution < -0.4 is 0 Å². The number of aromatic nitrogens is 4. The molecule has 1 N–H and O–H groups in total. The standard InChI is InChI=1S/C13H9ClN4O2/c1-18-10-5-3-2-4-8(10)15-12(18)7-6-9(13(19)20)16-17-11(7)14/h2-6H,1H3,(H,19,20). The van der Waals surface area contributed by atoms with Gasteiger partial charge in [-0.1, -0.05) is 23.7 Å². The number of hydrogen-bond acceptors (Lipinski definition) is 4. The number of aromatic carboxylic acids is 1. The van der Waals surface area contributed by atoms with E-state index in [4.69, 9.17) is 16.7 Å². The third-order valence-corrected chi connectivity index (χ3v) is 3.28. The zero-order chi connectivity index (χ0) is 14.3. The maximum Gasteiger partial charge on any atom is 0.356 e. The van der Waals surface area contributed by atoms with Crippen molar-refractivity contribution in [2.24, 2.45) is 7.05 Å². The van der Waals surface area contributed by atoms with Gasteiger partial charge in [0.2, 0.25) is 0 Å². The van der Waals surface area contributed by atoms with Gasteiger partial charge >= 0.3 is 5.97 Å². The molecule has 0 fully saturated rings. The van der Waals surface area contributed by atoms with Crippen molar-refractivity contribution in [3.8, 4) is 11.4 Å². The number of fused-ring (bicyclic) bond motifs is 1. The quantitative estimate of drug-likeness (QED) is 0.783. The van der Waals surface area contributed by atoms with E-state index in [1.165, 1.54) is 6.07 Å². The molecule has 7 heteroatoms. The molecule has 2 aromatic heterocycles. The molecule has 0 saturated heterocycles. The molecule has 1 aromatic carbocycles. The summed E-state index contributed by atoms with van der Waals surface area (Å²) < 4.78 is 1.84. The van der Waals surface area contributed by atoms with Crippen LogP contribution in [-0.4, -0.2) is 30.8 Å². The van der Waals surface area contributed by atoms with Gasteiger partial charge in [0.15, 0.2) is 10.8 Å². The van der Waals surface area contributed by atoms with Gasteiger partial charge in [0.1, 0.15) is 5.82 Å². The number of imidazole rings is 1. The molecule has 3 aromatic rings. The van der Waals surface area contributed by atoms with E-state index < -0.39 is 5.97 Å². The Morgan fingerprint density at radius 3 is 2.75 bits per heavy atom. The molecule has 20 heavy (non-hydrogen) atoms. The van der Waals surface area contributed by atoms with Crippen molar-refractivity contribution in [2.75, 3.05) is 0 Å². The molecule has 0 aliphatic rings. The van der Waals surface area contributed by atoms with Gasteiger partial charge in [-0.2, -0.15) is 0 Å². The van der Waals surface area contributed by atoms with Gasteiger partial charge in [-0.15, -0.1) is 10.2 Å². The zero-order valence-corrected chi connectivity index (χ0v) is 11.2. The molecule has 0 radical (unpaired) electrons. The largest absolute Gasteiger partial charge is 0.476 e. The molecule has 100 valence electrons. The second-order valence-corrected chi connectivity index (χ2v) is 4.58. The smallest absolute Gasteiger partial charge is 0.356 e. The van der Waals surface area contributed by atoms with Crippen molar-refractivity contribution in [1.29, 1.82) is 0 Å². The molecule has 3 rings (SSSR count). The van der Waals surface area contributed by atoms with Gasteiger partial charge in [0.25, 0.3) is 0 Å². The number of rotatable bonds is 2. The molecular formula is C13H9ClN4O2. The van der Waals surface area contributed by atoms with Crippen LogP contribution in [0, 0.1) is 0 Å². The summed E-state index contributed by atoms with van der Waals surface area (Å²) in [5, 5.41) is 16.3. The zero-order valence-electron chi connectivity index (χ0n) is 10.4. The van der Waals surface area contributed by atoms with Gasteiger partial charge in [0.05, 0.1) is 16.6 Å². The first-order valence-electron chi connectivity index (χ1n) is 5.76. The number of aryl methyl sites for hydroxylation is 1. The summed E-state index contributed by atoms with van der Waals surface area (Å²) in [5.41, 5.74) is 2.00. The maximum absolute atomic E-state index is 11.0. The molecule has 0 unspecified atom stereocenters. The highest BCUT2D eigenvalue weighted by molar-refractivity contribution is 6.32. The van der Waals surface area contributed by atoms with Gasteiger partial charge in [-0.25, -0.2) is 9.78 Å². The monoisotopic (exact) mass is 288 g/mol. The van der Waals surface area contributed by atoms with Crippen LogP contribution in [0.2, 0.25) is 5.15 Å². The fraction of sp³-hybridized carbons (Fsp3) is 0.0769. The minimum absolute atomic E-state index is 0.119. The fourth-order valence-electron chi connectivity index (χ4n) is 2.02. The number of carboxylic acids is 1. The molecule has 0 spiro atoms. The summed E-state index contributed by atoms with van der Waals surface area (Å²) in [6.45, 7) is 0. The van der Waals surface area contributed by atoms with Crippen molar-refractivity contribution < 1.29 is 9.90 Å². The summed E-state index contributed by atoms with van der Waals surface area (Å²) >= 11 is 6.02. The Balaban J connectivity index is 2.27. The predicted octanol–water partition coefficient (Wildman–Crippen LogP) is 2.38.